The lowest BCUT2D eigenvalue weighted by molar-refractivity contribution is 0.0818. The molecular formula is C24H17FO4. The molecule has 29 heavy (non-hydrogen) atoms. The van der Waals surface area contributed by atoms with Gasteiger partial charge in [0.15, 0.2) is 6.10 Å². The van der Waals surface area contributed by atoms with Crippen LogP contribution < -0.4 is 10.4 Å². The molecule has 4 rings (SSSR count). The van der Waals surface area contributed by atoms with Gasteiger partial charge in [-0.3, -0.25) is 4.79 Å². The normalized spacial score (nSPS) is 11.9. The third-order valence-electron chi connectivity index (χ3n) is 4.60. The van der Waals surface area contributed by atoms with E-state index in [1.807, 2.05) is 6.07 Å². The number of hydrogen-bond donors (Lipinski definition) is 0. The molecule has 0 fully saturated rings. The van der Waals surface area contributed by atoms with E-state index >= 15 is 0 Å². The third kappa shape index (κ3) is 3.94. The SMILES string of the molecule is CC(Oc1ccc2cc(-c3ccc(F)cc3)c(=O)oc2c1)C(=O)c1ccccc1. The molecular weight excluding hydrogens is 371 g/mol. The zero-order valence-electron chi connectivity index (χ0n) is 15.6. The van der Waals surface area contributed by atoms with Crippen molar-refractivity contribution in [2.45, 2.75) is 13.0 Å². The first kappa shape index (κ1) is 18.6. The highest BCUT2D eigenvalue weighted by Crippen LogP contribution is 2.25. The molecule has 144 valence electrons. The maximum absolute atomic E-state index is 13.1. The van der Waals surface area contributed by atoms with Crippen LogP contribution in [0.2, 0.25) is 0 Å². The van der Waals surface area contributed by atoms with Crippen LogP contribution in [-0.4, -0.2) is 11.9 Å². The van der Waals surface area contributed by atoms with E-state index in [2.05, 4.69) is 0 Å². The Hall–Kier alpha value is -3.73. The average molecular weight is 388 g/mol. The van der Waals surface area contributed by atoms with Gasteiger partial charge in [0.1, 0.15) is 17.1 Å². The van der Waals surface area contributed by atoms with Gasteiger partial charge in [0.2, 0.25) is 5.78 Å². The van der Waals surface area contributed by atoms with Crippen molar-refractivity contribution in [3.8, 4) is 16.9 Å². The van der Waals surface area contributed by atoms with Crippen molar-refractivity contribution < 1.29 is 18.3 Å². The molecule has 0 radical (unpaired) electrons. The first-order chi connectivity index (χ1) is 14.0. The zero-order valence-corrected chi connectivity index (χ0v) is 15.6. The molecule has 1 heterocycles. The Labute approximate surface area is 166 Å². The Bertz CT molecular complexity index is 1230. The smallest absolute Gasteiger partial charge is 0.344 e. The second kappa shape index (κ2) is 7.72. The number of benzene rings is 3. The van der Waals surface area contributed by atoms with Crippen LogP contribution in [0.5, 0.6) is 5.75 Å². The molecule has 1 unspecified atom stereocenters. The zero-order chi connectivity index (χ0) is 20.4. The molecule has 0 aliphatic rings. The second-order valence-electron chi connectivity index (χ2n) is 6.64. The molecule has 4 aromatic rings. The van der Waals surface area contributed by atoms with Crippen LogP contribution in [0.4, 0.5) is 4.39 Å². The van der Waals surface area contributed by atoms with Crippen molar-refractivity contribution in [1.29, 1.82) is 0 Å². The molecule has 1 atom stereocenters. The molecule has 0 saturated carbocycles. The molecule has 0 aliphatic carbocycles. The van der Waals surface area contributed by atoms with Crippen molar-refractivity contribution in [3.63, 3.8) is 0 Å². The first-order valence-electron chi connectivity index (χ1n) is 9.11. The van der Waals surface area contributed by atoms with Gasteiger partial charge in [0.25, 0.3) is 0 Å². The molecule has 0 saturated heterocycles. The van der Waals surface area contributed by atoms with E-state index in [1.165, 1.54) is 24.3 Å². The van der Waals surface area contributed by atoms with Gasteiger partial charge in [-0.2, -0.15) is 0 Å². The van der Waals surface area contributed by atoms with Crippen molar-refractivity contribution in [3.05, 3.63) is 101 Å². The van der Waals surface area contributed by atoms with Gasteiger partial charge >= 0.3 is 5.63 Å². The second-order valence-corrected chi connectivity index (χ2v) is 6.64. The van der Waals surface area contributed by atoms with E-state index in [1.54, 1.807) is 55.5 Å². The first-order valence-corrected chi connectivity index (χ1v) is 9.11. The van der Waals surface area contributed by atoms with Gasteiger partial charge in [0.05, 0.1) is 5.56 Å². The molecule has 4 nitrogen and oxygen atoms in total. The van der Waals surface area contributed by atoms with Crippen molar-refractivity contribution in [2.24, 2.45) is 0 Å². The van der Waals surface area contributed by atoms with Gasteiger partial charge in [-0.1, -0.05) is 42.5 Å². The molecule has 0 aliphatic heterocycles. The van der Waals surface area contributed by atoms with Crippen molar-refractivity contribution in [2.75, 3.05) is 0 Å². The predicted molar refractivity (Wildman–Crippen MR) is 109 cm³/mol. The van der Waals surface area contributed by atoms with Crippen LogP contribution in [-0.2, 0) is 0 Å². The highest BCUT2D eigenvalue weighted by atomic mass is 19.1. The van der Waals surface area contributed by atoms with Crippen LogP contribution in [0.25, 0.3) is 22.1 Å². The summed E-state index contributed by atoms with van der Waals surface area (Å²) in [4.78, 5) is 24.9. The molecule has 5 heteroatoms. The van der Waals surface area contributed by atoms with Crippen LogP contribution >= 0.6 is 0 Å². The number of ether oxygens (including phenoxy) is 1. The summed E-state index contributed by atoms with van der Waals surface area (Å²) in [5, 5.41) is 0.693. The van der Waals surface area contributed by atoms with Crippen LogP contribution in [0.3, 0.4) is 0 Å². The Kier molecular flexibility index (Phi) is 4.96. The molecule has 0 bridgehead atoms. The summed E-state index contributed by atoms with van der Waals surface area (Å²) in [6.45, 7) is 1.67. The van der Waals surface area contributed by atoms with Crippen molar-refractivity contribution >= 4 is 16.8 Å². The van der Waals surface area contributed by atoms with E-state index in [4.69, 9.17) is 9.15 Å². The summed E-state index contributed by atoms with van der Waals surface area (Å²) < 4.78 is 24.3. The summed E-state index contributed by atoms with van der Waals surface area (Å²) in [7, 11) is 0. The van der Waals surface area contributed by atoms with Crippen LogP contribution in [0.1, 0.15) is 17.3 Å². The van der Waals surface area contributed by atoms with Gasteiger partial charge in [-0.25, -0.2) is 9.18 Å². The maximum atomic E-state index is 13.1. The summed E-state index contributed by atoms with van der Waals surface area (Å²) >= 11 is 0. The number of carbonyl (C=O) groups is 1. The number of fused-ring (bicyclic) bond motifs is 1. The standard InChI is InChI=1S/C24H17FO4/c1-15(23(26)17-5-3-2-4-6-17)28-20-12-9-18-13-21(24(27)29-22(18)14-20)16-7-10-19(25)11-8-16/h2-15H,1H3. The van der Waals surface area contributed by atoms with Crippen molar-refractivity contribution in [1.82, 2.24) is 0 Å². The Morgan fingerprint density at radius 3 is 2.41 bits per heavy atom. The van der Waals surface area contributed by atoms with E-state index in [9.17, 15) is 14.0 Å². The number of halogens is 1. The lowest BCUT2D eigenvalue weighted by atomic mass is 10.1. The summed E-state index contributed by atoms with van der Waals surface area (Å²) in [6.07, 6.45) is -0.694. The molecule has 1 aromatic heterocycles. The van der Waals surface area contributed by atoms with Crippen LogP contribution in [0.15, 0.2) is 88.1 Å². The highest BCUT2D eigenvalue weighted by molar-refractivity contribution is 5.99. The maximum Gasteiger partial charge on any atom is 0.344 e. The average Bonchev–Trinajstić information content (AvgIpc) is 2.74. The molecule has 0 amide bonds. The fourth-order valence-electron chi connectivity index (χ4n) is 3.09. The highest BCUT2D eigenvalue weighted by Gasteiger charge is 2.17. The lowest BCUT2D eigenvalue weighted by Gasteiger charge is -2.14. The fraction of sp³-hybridized carbons (Fsp3) is 0.0833. The third-order valence-corrected chi connectivity index (χ3v) is 4.60. The topological polar surface area (TPSA) is 56.5 Å². The molecule has 3 aromatic carbocycles. The monoisotopic (exact) mass is 388 g/mol. The molecule has 0 N–H and O–H groups in total. The van der Waals surface area contributed by atoms with E-state index < -0.39 is 11.7 Å². The van der Waals surface area contributed by atoms with E-state index in [-0.39, 0.29) is 11.6 Å². The Morgan fingerprint density at radius 1 is 0.966 bits per heavy atom. The van der Waals surface area contributed by atoms with Gasteiger partial charge in [-0.15, -0.1) is 0 Å². The summed E-state index contributed by atoms with van der Waals surface area (Å²) in [5.41, 5.74) is 1.30. The number of ketones is 1. The molecule has 0 spiro atoms. The van der Waals surface area contributed by atoms with E-state index in [0.717, 1.165) is 0 Å². The van der Waals surface area contributed by atoms with E-state index in [0.29, 0.717) is 33.4 Å². The number of Topliss-reactive ketones (excluding diaryl/α,β-unsaturated/α-hetero) is 1. The minimum Gasteiger partial charge on any atom is -0.482 e. The van der Waals surface area contributed by atoms with Gasteiger partial charge < -0.3 is 9.15 Å². The largest absolute Gasteiger partial charge is 0.482 e. The minimum absolute atomic E-state index is 0.140. The predicted octanol–water partition coefficient (Wildman–Crippen LogP) is 5.25. The van der Waals surface area contributed by atoms with Crippen LogP contribution in [0, 0.1) is 5.82 Å². The summed E-state index contributed by atoms with van der Waals surface area (Å²) in [6, 6.07) is 21.3. The van der Waals surface area contributed by atoms with Gasteiger partial charge in [0, 0.05) is 17.0 Å². The number of carbonyl (C=O) groups excluding carboxylic acids is 1. The Morgan fingerprint density at radius 2 is 1.69 bits per heavy atom. The van der Waals surface area contributed by atoms with Gasteiger partial charge in [-0.05, 0) is 42.8 Å². The Balaban J connectivity index is 1.61. The number of rotatable bonds is 5. The fourth-order valence-corrected chi connectivity index (χ4v) is 3.09. The lowest BCUT2D eigenvalue weighted by Crippen LogP contribution is -2.23. The quantitative estimate of drug-likeness (QED) is 0.346. The number of hydrogen-bond acceptors (Lipinski definition) is 4. The summed E-state index contributed by atoms with van der Waals surface area (Å²) in [5.74, 6) is -0.0920. The minimum atomic E-state index is -0.694.